The van der Waals surface area contributed by atoms with Crippen LogP contribution in [0.1, 0.15) is 5.56 Å². The fourth-order valence-electron chi connectivity index (χ4n) is 0.970. The van der Waals surface area contributed by atoms with E-state index < -0.39 is 0 Å². The molecule has 0 spiro atoms. The van der Waals surface area contributed by atoms with Crippen LogP contribution in [-0.2, 0) is 13.1 Å². The summed E-state index contributed by atoms with van der Waals surface area (Å²) in [5.41, 5.74) is 6.68. The van der Waals surface area contributed by atoms with E-state index in [1.165, 1.54) is 5.56 Å². The summed E-state index contributed by atoms with van der Waals surface area (Å²) in [5.74, 6) is 1.16. The van der Waals surface area contributed by atoms with E-state index >= 15 is 0 Å². The van der Waals surface area contributed by atoms with Gasteiger partial charge < -0.3 is 5.73 Å². The van der Waals surface area contributed by atoms with Crippen LogP contribution in [0.2, 0.25) is 0 Å². The molecular formula is C9H15N2S+. The monoisotopic (exact) mass is 183 g/mol. The Hall–Kier alpha value is -0.540. The Morgan fingerprint density at radius 3 is 2.58 bits per heavy atom. The van der Waals surface area contributed by atoms with Crippen LogP contribution >= 0.6 is 11.8 Å². The van der Waals surface area contributed by atoms with Gasteiger partial charge in [0.25, 0.3) is 0 Å². The van der Waals surface area contributed by atoms with Gasteiger partial charge in [-0.3, -0.25) is 0 Å². The van der Waals surface area contributed by atoms with Crippen molar-refractivity contribution in [2.45, 2.75) is 13.1 Å². The Morgan fingerprint density at radius 2 is 2.08 bits per heavy atom. The molecule has 0 amide bonds. The maximum atomic E-state index is 5.49. The van der Waals surface area contributed by atoms with Gasteiger partial charge in [0.1, 0.15) is 0 Å². The van der Waals surface area contributed by atoms with Crippen molar-refractivity contribution >= 4 is 11.8 Å². The lowest BCUT2D eigenvalue weighted by Gasteiger charge is -1.96. The number of thioether (sulfide) groups is 1. The van der Waals surface area contributed by atoms with Gasteiger partial charge in [-0.1, -0.05) is 0 Å². The minimum atomic E-state index is 0.628. The number of hydrogen-bond donors (Lipinski definition) is 1. The van der Waals surface area contributed by atoms with E-state index in [2.05, 4.69) is 35.3 Å². The highest BCUT2D eigenvalue weighted by Crippen LogP contribution is 1.93. The van der Waals surface area contributed by atoms with E-state index in [0.29, 0.717) is 6.54 Å². The highest BCUT2D eigenvalue weighted by Gasteiger charge is 1.97. The van der Waals surface area contributed by atoms with E-state index in [4.69, 9.17) is 5.73 Å². The fourth-order valence-corrected chi connectivity index (χ4v) is 1.36. The van der Waals surface area contributed by atoms with Crippen LogP contribution in [-0.4, -0.2) is 12.0 Å². The fraction of sp³-hybridized carbons (Fsp3) is 0.444. The van der Waals surface area contributed by atoms with Crippen LogP contribution in [0.5, 0.6) is 0 Å². The molecule has 2 N–H and O–H groups in total. The van der Waals surface area contributed by atoms with Crippen molar-refractivity contribution in [1.29, 1.82) is 0 Å². The van der Waals surface area contributed by atoms with Gasteiger partial charge >= 0.3 is 0 Å². The molecule has 1 heterocycles. The van der Waals surface area contributed by atoms with Crippen LogP contribution in [0.25, 0.3) is 0 Å². The number of pyridine rings is 1. The van der Waals surface area contributed by atoms with Gasteiger partial charge in [-0.2, -0.15) is 11.8 Å². The van der Waals surface area contributed by atoms with Crippen molar-refractivity contribution in [3.05, 3.63) is 30.1 Å². The summed E-state index contributed by atoms with van der Waals surface area (Å²) in [4.78, 5) is 0. The molecule has 0 atom stereocenters. The molecule has 0 aliphatic carbocycles. The quantitative estimate of drug-likeness (QED) is 0.700. The SMILES string of the molecule is CSCC[n+]1ccc(CN)cc1. The molecule has 0 unspecified atom stereocenters. The third-order valence-electron chi connectivity index (χ3n) is 1.75. The van der Waals surface area contributed by atoms with E-state index in [0.717, 1.165) is 12.3 Å². The van der Waals surface area contributed by atoms with Gasteiger partial charge in [0.15, 0.2) is 18.9 Å². The molecule has 1 aromatic heterocycles. The second-order valence-corrected chi connectivity index (χ2v) is 3.63. The van der Waals surface area contributed by atoms with E-state index in [-0.39, 0.29) is 0 Å². The van der Waals surface area contributed by atoms with E-state index in [1.54, 1.807) is 0 Å². The van der Waals surface area contributed by atoms with Crippen molar-refractivity contribution < 1.29 is 4.57 Å². The third kappa shape index (κ3) is 2.83. The Bertz CT molecular complexity index is 220. The largest absolute Gasteiger partial charge is 0.326 e. The van der Waals surface area contributed by atoms with Crippen LogP contribution in [0.3, 0.4) is 0 Å². The summed E-state index contributed by atoms with van der Waals surface area (Å²) < 4.78 is 2.18. The average Bonchev–Trinajstić information content (AvgIpc) is 2.15. The molecule has 3 heteroatoms. The predicted molar refractivity (Wildman–Crippen MR) is 52.9 cm³/mol. The topological polar surface area (TPSA) is 29.9 Å². The molecule has 66 valence electrons. The number of nitrogens with two attached hydrogens (primary N) is 1. The zero-order valence-corrected chi connectivity index (χ0v) is 8.18. The minimum absolute atomic E-state index is 0.628. The molecule has 12 heavy (non-hydrogen) atoms. The maximum absolute atomic E-state index is 5.49. The lowest BCUT2D eigenvalue weighted by molar-refractivity contribution is -0.692. The molecule has 0 aromatic carbocycles. The molecule has 2 nitrogen and oxygen atoms in total. The molecule has 0 fully saturated rings. The van der Waals surface area contributed by atoms with Gasteiger partial charge in [0.2, 0.25) is 0 Å². The summed E-state index contributed by atoms with van der Waals surface area (Å²) in [6, 6.07) is 4.14. The third-order valence-corrected chi connectivity index (χ3v) is 2.34. The van der Waals surface area contributed by atoms with Crippen molar-refractivity contribution in [3.8, 4) is 0 Å². The van der Waals surface area contributed by atoms with Crippen molar-refractivity contribution in [3.63, 3.8) is 0 Å². The number of aryl methyl sites for hydroxylation is 1. The molecular weight excluding hydrogens is 168 g/mol. The predicted octanol–water partition coefficient (Wildman–Crippen LogP) is 0.796. The lowest BCUT2D eigenvalue weighted by Crippen LogP contribution is -2.33. The summed E-state index contributed by atoms with van der Waals surface area (Å²) in [6.07, 6.45) is 6.28. The van der Waals surface area contributed by atoms with Crippen LogP contribution in [0.15, 0.2) is 24.5 Å². The van der Waals surface area contributed by atoms with Crippen molar-refractivity contribution in [2.24, 2.45) is 5.73 Å². The summed E-state index contributed by atoms with van der Waals surface area (Å²) in [5, 5.41) is 0. The van der Waals surface area contributed by atoms with Crippen LogP contribution in [0.4, 0.5) is 0 Å². The first-order valence-electron chi connectivity index (χ1n) is 4.04. The normalized spacial score (nSPS) is 10.2. The number of hydrogen-bond acceptors (Lipinski definition) is 2. The minimum Gasteiger partial charge on any atom is -0.326 e. The number of rotatable bonds is 4. The summed E-state index contributed by atoms with van der Waals surface area (Å²) >= 11 is 1.86. The Balaban J connectivity index is 2.53. The molecule has 0 saturated heterocycles. The van der Waals surface area contributed by atoms with Crippen molar-refractivity contribution in [1.82, 2.24) is 0 Å². The first-order chi connectivity index (χ1) is 5.86. The van der Waals surface area contributed by atoms with Gasteiger partial charge in [-0.25, -0.2) is 4.57 Å². The average molecular weight is 183 g/mol. The second kappa shape index (κ2) is 5.17. The van der Waals surface area contributed by atoms with Gasteiger partial charge in [-0.05, 0) is 11.8 Å². The molecule has 1 aromatic rings. The first-order valence-corrected chi connectivity index (χ1v) is 5.43. The summed E-state index contributed by atoms with van der Waals surface area (Å²) in [7, 11) is 0. The van der Waals surface area contributed by atoms with Crippen LogP contribution < -0.4 is 10.3 Å². The molecule has 0 saturated carbocycles. The maximum Gasteiger partial charge on any atom is 0.169 e. The summed E-state index contributed by atoms with van der Waals surface area (Å²) in [6.45, 7) is 1.70. The van der Waals surface area contributed by atoms with Crippen LogP contribution in [0, 0.1) is 0 Å². The Labute approximate surface area is 77.8 Å². The Morgan fingerprint density at radius 1 is 1.42 bits per heavy atom. The number of nitrogens with zero attached hydrogens (tertiary/aromatic N) is 1. The molecule has 1 rings (SSSR count). The molecule has 0 aliphatic heterocycles. The Kier molecular flexibility index (Phi) is 4.11. The highest BCUT2D eigenvalue weighted by atomic mass is 32.2. The van der Waals surface area contributed by atoms with Crippen molar-refractivity contribution in [2.75, 3.05) is 12.0 Å². The van der Waals surface area contributed by atoms with Gasteiger partial charge in [0, 0.05) is 18.7 Å². The molecule has 0 radical (unpaired) electrons. The van der Waals surface area contributed by atoms with Gasteiger partial charge in [-0.15, -0.1) is 0 Å². The van der Waals surface area contributed by atoms with E-state index in [9.17, 15) is 0 Å². The zero-order valence-electron chi connectivity index (χ0n) is 7.36. The van der Waals surface area contributed by atoms with Gasteiger partial charge in [0.05, 0.1) is 5.75 Å². The zero-order chi connectivity index (χ0) is 8.81. The van der Waals surface area contributed by atoms with E-state index in [1.807, 2.05) is 11.8 Å². The molecule has 0 aliphatic rings. The molecule has 0 bridgehead atoms. The standard InChI is InChI=1S/C9H15N2S/c1-12-7-6-11-4-2-9(8-10)3-5-11/h2-5H,6-8,10H2,1H3/q+1. The smallest absolute Gasteiger partial charge is 0.169 e. The second-order valence-electron chi connectivity index (χ2n) is 2.64. The lowest BCUT2D eigenvalue weighted by atomic mass is 10.3. The highest BCUT2D eigenvalue weighted by molar-refractivity contribution is 7.98. The number of aromatic nitrogens is 1. The first kappa shape index (κ1) is 9.55.